The van der Waals surface area contributed by atoms with Crippen LogP contribution in [-0.4, -0.2) is 61.9 Å². The molecule has 2 amide bonds. The molecular weight excluding hydrogens is 358 g/mol. The minimum Gasteiger partial charge on any atom is -0.355 e. The Balaban J connectivity index is 1.81. The summed E-state index contributed by atoms with van der Waals surface area (Å²) in [4.78, 5) is 28.5. The SMILES string of the molecule is CN(C)CCNC(=O)C1CCN(C(=O)c2cccc(Br)c2)CC1. The van der Waals surface area contributed by atoms with E-state index in [2.05, 4.69) is 21.2 Å². The molecule has 0 bridgehead atoms. The summed E-state index contributed by atoms with van der Waals surface area (Å²) in [6, 6.07) is 7.43. The highest BCUT2D eigenvalue weighted by Crippen LogP contribution is 2.20. The zero-order valence-electron chi connectivity index (χ0n) is 13.7. The highest BCUT2D eigenvalue weighted by Gasteiger charge is 2.27. The van der Waals surface area contributed by atoms with Gasteiger partial charge in [0.2, 0.25) is 5.91 Å². The smallest absolute Gasteiger partial charge is 0.253 e. The second kappa shape index (κ2) is 8.45. The van der Waals surface area contributed by atoms with Crippen molar-refractivity contribution in [2.24, 2.45) is 5.92 Å². The van der Waals surface area contributed by atoms with Crippen LogP contribution in [0.4, 0.5) is 0 Å². The van der Waals surface area contributed by atoms with Gasteiger partial charge in [-0.25, -0.2) is 0 Å². The molecule has 0 atom stereocenters. The predicted molar refractivity (Wildman–Crippen MR) is 94.3 cm³/mol. The van der Waals surface area contributed by atoms with Gasteiger partial charge in [-0.15, -0.1) is 0 Å². The van der Waals surface area contributed by atoms with Crippen molar-refractivity contribution < 1.29 is 9.59 Å². The molecule has 0 unspecified atom stereocenters. The molecule has 126 valence electrons. The molecule has 5 nitrogen and oxygen atoms in total. The van der Waals surface area contributed by atoms with E-state index in [9.17, 15) is 9.59 Å². The molecule has 0 spiro atoms. The van der Waals surface area contributed by atoms with Crippen LogP contribution in [0.5, 0.6) is 0 Å². The van der Waals surface area contributed by atoms with Crippen LogP contribution in [0.3, 0.4) is 0 Å². The zero-order valence-corrected chi connectivity index (χ0v) is 15.3. The number of likely N-dealkylation sites (tertiary alicyclic amines) is 1. The van der Waals surface area contributed by atoms with E-state index in [1.165, 1.54) is 0 Å². The Morgan fingerprint density at radius 2 is 2.00 bits per heavy atom. The van der Waals surface area contributed by atoms with Gasteiger partial charge in [0.15, 0.2) is 0 Å². The molecule has 1 saturated heterocycles. The summed E-state index contributed by atoms with van der Waals surface area (Å²) < 4.78 is 0.901. The third kappa shape index (κ3) is 5.32. The molecule has 1 aliphatic heterocycles. The molecule has 0 aliphatic carbocycles. The van der Waals surface area contributed by atoms with E-state index in [4.69, 9.17) is 0 Å². The summed E-state index contributed by atoms with van der Waals surface area (Å²) in [5, 5.41) is 2.98. The second-order valence-corrected chi connectivity index (χ2v) is 7.09. The number of hydrogen-bond acceptors (Lipinski definition) is 3. The number of nitrogens with zero attached hydrogens (tertiary/aromatic N) is 2. The normalized spacial score (nSPS) is 15.7. The predicted octanol–water partition coefficient (Wildman–Crippen LogP) is 1.98. The van der Waals surface area contributed by atoms with E-state index in [1.807, 2.05) is 48.2 Å². The van der Waals surface area contributed by atoms with E-state index in [-0.39, 0.29) is 17.7 Å². The van der Waals surface area contributed by atoms with Crippen molar-refractivity contribution in [3.63, 3.8) is 0 Å². The lowest BCUT2D eigenvalue weighted by atomic mass is 9.95. The molecule has 2 rings (SSSR count). The molecule has 1 aliphatic rings. The van der Waals surface area contributed by atoms with Crippen LogP contribution in [0.2, 0.25) is 0 Å². The highest BCUT2D eigenvalue weighted by molar-refractivity contribution is 9.10. The van der Waals surface area contributed by atoms with E-state index < -0.39 is 0 Å². The first-order valence-electron chi connectivity index (χ1n) is 7.94. The molecule has 1 aromatic rings. The first-order valence-corrected chi connectivity index (χ1v) is 8.74. The third-order valence-corrected chi connectivity index (χ3v) is 4.58. The van der Waals surface area contributed by atoms with E-state index in [1.54, 1.807) is 0 Å². The van der Waals surface area contributed by atoms with Gasteiger partial charge in [0, 0.05) is 42.1 Å². The maximum Gasteiger partial charge on any atom is 0.253 e. The molecule has 23 heavy (non-hydrogen) atoms. The van der Waals surface area contributed by atoms with Crippen LogP contribution in [0.25, 0.3) is 0 Å². The Labute approximate surface area is 146 Å². The van der Waals surface area contributed by atoms with Crippen molar-refractivity contribution in [2.45, 2.75) is 12.8 Å². The summed E-state index contributed by atoms with van der Waals surface area (Å²) in [5.41, 5.74) is 0.688. The van der Waals surface area contributed by atoms with Gasteiger partial charge in [-0.05, 0) is 45.1 Å². The van der Waals surface area contributed by atoms with Crippen LogP contribution < -0.4 is 5.32 Å². The summed E-state index contributed by atoms with van der Waals surface area (Å²) >= 11 is 3.39. The number of amides is 2. The van der Waals surface area contributed by atoms with Crippen molar-refractivity contribution in [3.05, 3.63) is 34.3 Å². The lowest BCUT2D eigenvalue weighted by Gasteiger charge is -2.31. The number of nitrogens with one attached hydrogen (secondary N) is 1. The summed E-state index contributed by atoms with van der Waals surface area (Å²) in [7, 11) is 3.97. The Kier molecular flexibility index (Phi) is 6.59. The summed E-state index contributed by atoms with van der Waals surface area (Å²) in [6.07, 6.45) is 1.46. The average Bonchev–Trinajstić information content (AvgIpc) is 2.54. The Morgan fingerprint density at radius 3 is 2.61 bits per heavy atom. The van der Waals surface area contributed by atoms with E-state index >= 15 is 0 Å². The minimum atomic E-state index is 0.0173. The van der Waals surface area contributed by atoms with Crippen LogP contribution in [0.15, 0.2) is 28.7 Å². The van der Waals surface area contributed by atoms with Crippen molar-refractivity contribution in [3.8, 4) is 0 Å². The van der Waals surface area contributed by atoms with Crippen LogP contribution in [-0.2, 0) is 4.79 Å². The van der Waals surface area contributed by atoms with Gasteiger partial charge in [0.05, 0.1) is 0 Å². The Morgan fingerprint density at radius 1 is 1.30 bits per heavy atom. The van der Waals surface area contributed by atoms with Gasteiger partial charge < -0.3 is 15.1 Å². The Hall–Kier alpha value is -1.40. The Bertz CT molecular complexity index is 555. The van der Waals surface area contributed by atoms with Gasteiger partial charge in [0.1, 0.15) is 0 Å². The van der Waals surface area contributed by atoms with Gasteiger partial charge in [-0.3, -0.25) is 9.59 Å². The van der Waals surface area contributed by atoms with Gasteiger partial charge in [-0.2, -0.15) is 0 Å². The number of halogens is 1. The fraction of sp³-hybridized carbons (Fsp3) is 0.529. The van der Waals surface area contributed by atoms with E-state index in [0.29, 0.717) is 25.2 Å². The lowest BCUT2D eigenvalue weighted by molar-refractivity contribution is -0.126. The average molecular weight is 382 g/mol. The molecule has 1 heterocycles. The number of benzene rings is 1. The standard InChI is InChI=1S/C17H24BrN3O2/c1-20(2)11-8-19-16(22)13-6-9-21(10-7-13)17(23)14-4-3-5-15(18)12-14/h3-5,12-13H,6-11H2,1-2H3,(H,19,22). The fourth-order valence-corrected chi connectivity index (χ4v) is 3.10. The van der Waals surface area contributed by atoms with Gasteiger partial charge >= 0.3 is 0 Å². The summed E-state index contributed by atoms with van der Waals surface area (Å²) in [6.45, 7) is 2.78. The van der Waals surface area contributed by atoms with E-state index in [0.717, 1.165) is 23.9 Å². The largest absolute Gasteiger partial charge is 0.355 e. The van der Waals surface area contributed by atoms with Gasteiger partial charge in [0.25, 0.3) is 5.91 Å². The van der Waals surface area contributed by atoms with Crippen LogP contribution >= 0.6 is 15.9 Å². The quantitative estimate of drug-likeness (QED) is 0.848. The second-order valence-electron chi connectivity index (χ2n) is 6.17. The number of rotatable bonds is 5. The maximum absolute atomic E-state index is 12.5. The van der Waals surface area contributed by atoms with Crippen LogP contribution in [0.1, 0.15) is 23.2 Å². The molecular formula is C17H24BrN3O2. The molecule has 6 heteroatoms. The van der Waals surface area contributed by atoms with Crippen molar-refractivity contribution in [1.29, 1.82) is 0 Å². The summed E-state index contributed by atoms with van der Waals surface area (Å²) in [5.74, 6) is 0.169. The topological polar surface area (TPSA) is 52.7 Å². The fourth-order valence-electron chi connectivity index (χ4n) is 2.70. The molecule has 1 fully saturated rings. The van der Waals surface area contributed by atoms with Crippen LogP contribution in [0, 0.1) is 5.92 Å². The first-order chi connectivity index (χ1) is 11.0. The lowest BCUT2D eigenvalue weighted by Crippen LogP contribution is -2.44. The number of hydrogen-bond donors (Lipinski definition) is 1. The first kappa shape index (κ1) is 17.9. The molecule has 0 radical (unpaired) electrons. The molecule has 1 aromatic carbocycles. The zero-order chi connectivity index (χ0) is 16.8. The van der Waals surface area contributed by atoms with Gasteiger partial charge in [-0.1, -0.05) is 22.0 Å². The maximum atomic E-state index is 12.5. The number of carbonyl (C=O) groups excluding carboxylic acids is 2. The minimum absolute atomic E-state index is 0.0173. The molecule has 1 N–H and O–H groups in total. The molecule has 0 saturated carbocycles. The van der Waals surface area contributed by atoms with Crippen molar-refractivity contribution in [2.75, 3.05) is 40.3 Å². The molecule has 0 aromatic heterocycles. The number of piperidine rings is 1. The third-order valence-electron chi connectivity index (χ3n) is 4.08. The highest BCUT2D eigenvalue weighted by atomic mass is 79.9. The van der Waals surface area contributed by atoms with Crippen molar-refractivity contribution >= 4 is 27.7 Å². The number of likely N-dealkylation sites (N-methyl/N-ethyl adjacent to an activating group) is 1. The monoisotopic (exact) mass is 381 g/mol. The van der Waals surface area contributed by atoms with Crippen molar-refractivity contribution in [1.82, 2.24) is 15.1 Å². The number of carbonyl (C=O) groups is 2.